The molecule has 4 heteroatoms. The maximum Gasteiger partial charge on any atom is 0.317 e. The molecule has 0 amide bonds. The fourth-order valence-electron chi connectivity index (χ4n) is 1.67. The van der Waals surface area contributed by atoms with Crippen molar-refractivity contribution < 1.29 is 9.90 Å². The maximum absolute atomic E-state index is 10.5. The Bertz CT molecular complexity index is 204. The predicted molar refractivity (Wildman–Crippen MR) is 50.8 cm³/mol. The van der Waals surface area contributed by atoms with Crippen LogP contribution in [0.3, 0.4) is 0 Å². The monoisotopic (exact) mass is 186 g/mol. The van der Waals surface area contributed by atoms with Crippen LogP contribution in [-0.4, -0.2) is 59.6 Å². The molecule has 0 saturated carbocycles. The molecule has 0 aromatic carbocycles. The molecule has 0 radical (unpaired) electrons. The van der Waals surface area contributed by atoms with Crippen LogP contribution in [-0.2, 0) is 4.79 Å². The van der Waals surface area contributed by atoms with Gasteiger partial charge in [-0.25, -0.2) is 0 Å². The van der Waals surface area contributed by atoms with Crippen molar-refractivity contribution in [1.82, 2.24) is 9.80 Å². The zero-order chi connectivity index (χ0) is 10.1. The van der Waals surface area contributed by atoms with E-state index < -0.39 is 5.97 Å². The summed E-state index contributed by atoms with van der Waals surface area (Å²) in [6.07, 6.45) is 0. The lowest BCUT2D eigenvalue weighted by atomic mass is 10.00. The first-order valence-electron chi connectivity index (χ1n) is 4.57. The van der Waals surface area contributed by atoms with E-state index in [2.05, 4.69) is 25.8 Å². The second kappa shape index (κ2) is 3.64. The first kappa shape index (κ1) is 10.5. The van der Waals surface area contributed by atoms with Crippen LogP contribution >= 0.6 is 0 Å². The van der Waals surface area contributed by atoms with E-state index in [9.17, 15) is 4.79 Å². The molecule has 0 bridgehead atoms. The van der Waals surface area contributed by atoms with E-state index >= 15 is 0 Å². The van der Waals surface area contributed by atoms with Crippen LogP contribution in [0.15, 0.2) is 0 Å². The van der Waals surface area contributed by atoms with Crippen LogP contribution in [0.4, 0.5) is 0 Å². The Kier molecular flexibility index (Phi) is 2.93. The van der Waals surface area contributed by atoms with Gasteiger partial charge in [-0.05, 0) is 20.9 Å². The zero-order valence-corrected chi connectivity index (χ0v) is 8.58. The van der Waals surface area contributed by atoms with Crippen molar-refractivity contribution in [3.8, 4) is 0 Å². The number of likely N-dealkylation sites (N-methyl/N-ethyl adjacent to an activating group) is 1. The molecule has 1 fully saturated rings. The third kappa shape index (κ3) is 2.67. The molecule has 1 saturated heterocycles. The lowest BCUT2D eigenvalue weighted by molar-refractivity contribution is -0.139. The van der Waals surface area contributed by atoms with Crippen molar-refractivity contribution in [2.75, 3.05) is 33.2 Å². The fourth-order valence-corrected chi connectivity index (χ4v) is 1.67. The van der Waals surface area contributed by atoms with E-state index in [0.29, 0.717) is 0 Å². The van der Waals surface area contributed by atoms with Gasteiger partial charge >= 0.3 is 5.97 Å². The third-order valence-electron chi connectivity index (χ3n) is 2.75. The lowest BCUT2D eigenvalue weighted by Gasteiger charge is -2.44. The molecule has 0 aromatic heterocycles. The molecule has 13 heavy (non-hydrogen) atoms. The van der Waals surface area contributed by atoms with Crippen molar-refractivity contribution in [3.05, 3.63) is 0 Å². The SMILES string of the molecule is CN1CCN(CC(=O)O)CC1(C)C. The molecular formula is C9H18N2O2. The molecule has 0 aliphatic carbocycles. The van der Waals surface area contributed by atoms with Gasteiger partial charge in [0.1, 0.15) is 0 Å². The van der Waals surface area contributed by atoms with E-state index in [1.807, 2.05) is 4.90 Å². The van der Waals surface area contributed by atoms with Gasteiger partial charge in [0.05, 0.1) is 6.54 Å². The second-order valence-corrected chi connectivity index (χ2v) is 4.34. The molecule has 4 nitrogen and oxygen atoms in total. The number of hydrogen-bond donors (Lipinski definition) is 1. The summed E-state index contributed by atoms with van der Waals surface area (Å²) in [7, 11) is 2.08. The highest BCUT2D eigenvalue weighted by Gasteiger charge is 2.31. The van der Waals surface area contributed by atoms with Gasteiger partial charge in [-0.15, -0.1) is 0 Å². The Morgan fingerprint density at radius 2 is 2.08 bits per heavy atom. The van der Waals surface area contributed by atoms with Crippen molar-refractivity contribution >= 4 is 5.97 Å². The Balaban J connectivity index is 2.50. The van der Waals surface area contributed by atoms with Gasteiger partial charge in [0.15, 0.2) is 0 Å². The number of aliphatic carboxylic acids is 1. The second-order valence-electron chi connectivity index (χ2n) is 4.34. The van der Waals surface area contributed by atoms with E-state index in [-0.39, 0.29) is 12.1 Å². The Hall–Kier alpha value is -0.610. The van der Waals surface area contributed by atoms with Crippen LogP contribution in [0.2, 0.25) is 0 Å². The molecule has 0 atom stereocenters. The maximum atomic E-state index is 10.5. The number of carbonyl (C=O) groups is 1. The predicted octanol–water partition coefficient (Wildman–Crippen LogP) is 0.0970. The molecule has 1 heterocycles. The van der Waals surface area contributed by atoms with Crippen molar-refractivity contribution in [2.45, 2.75) is 19.4 Å². The quantitative estimate of drug-likeness (QED) is 0.664. The van der Waals surface area contributed by atoms with Crippen LogP contribution < -0.4 is 0 Å². The molecule has 0 aromatic rings. The minimum Gasteiger partial charge on any atom is -0.480 e. The zero-order valence-electron chi connectivity index (χ0n) is 8.58. The molecule has 1 aliphatic heterocycles. The van der Waals surface area contributed by atoms with Gasteiger partial charge in [-0.3, -0.25) is 14.6 Å². The molecule has 0 unspecified atom stereocenters. The van der Waals surface area contributed by atoms with E-state index in [0.717, 1.165) is 19.6 Å². The van der Waals surface area contributed by atoms with E-state index in [1.54, 1.807) is 0 Å². The fraction of sp³-hybridized carbons (Fsp3) is 0.889. The summed E-state index contributed by atoms with van der Waals surface area (Å²) < 4.78 is 0. The molecule has 76 valence electrons. The number of carboxylic acids is 1. The average Bonchev–Trinajstić information content (AvgIpc) is 1.95. The number of carboxylic acid groups (broad SMARTS) is 1. The van der Waals surface area contributed by atoms with E-state index in [4.69, 9.17) is 5.11 Å². The van der Waals surface area contributed by atoms with Gasteiger partial charge in [0.2, 0.25) is 0 Å². The molecule has 1 aliphatic rings. The third-order valence-corrected chi connectivity index (χ3v) is 2.75. The van der Waals surface area contributed by atoms with Crippen LogP contribution in [0.5, 0.6) is 0 Å². The Morgan fingerprint density at radius 1 is 1.46 bits per heavy atom. The summed E-state index contributed by atoms with van der Waals surface area (Å²) in [4.78, 5) is 14.8. The van der Waals surface area contributed by atoms with Gasteiger partial charge in [0.25, 0.3) is 0 Å². The van der Waals surface area contributed by atoms with Crippen molar-refractivity contribution in [1.29, 1.82) is 0 Å². The standard InChI is InChI=1S/C9H18N2O2/c1-9(2)7-11(6-8(12)13)5-4-10(9)3/h4-7H2,1-3H3,(H,12,13). The minimum absolute atomic E-state index is 0.0910. The summed E-state index contributed by atoms with van der Waals surface area (Å²) in [5.74, 6) is -0.736. The molecule has 1 rings (SSSR count). The Morgan fingerprint density at radius 3 is 2.54 bits per heavy atom. The van der Waals surface area contributed by atoms with Crippen molar-refractivity contribution in [2.24, 2.45) is 0 Å². The highest BCUT2D eigenvalue weighted by Crippen LogP contribution is 2.18. The van der Waals surface area contributed by atoms with Gasteiger partial charge in [0, 0.05) is 25.2 Å². The molecular weight excluding hydrogens is 168 g/mol. The van der Waals surface area contributed by atoms with Gasteiger partial charge < -0.3 is 5.11 Å². The van der Waals surface area contributed by atoms with Gasteiger partial charge in [-0.2, -0.15) is 0 Å². The highest BCUT2D eigenvalue weighted by atomic mass is 16.4. The number of nitrogens with zero attached hydrogens (tertiary/aromatic N) is 2. The highest BCUT2D eigenvalue weighted by molar-refractivity contribution is 5.69. The summed E-state index contributed by atoms with van der Waals surface area (Å²) in [5.41, 5.74) is 0.0910. The van der Waals surface area contributed by atoms with E-state index in [1.165, 1.54) is 0 Å². The molecule has 1 N–H and O–H groups in total. The number of hydrogen-bond acceptors (Lipinski definition) is 3. The summed E-state index contributed by atoms with van der Waals surface area (Å²) in [6.45, 7) is 7.07. The smallest absolute Gasteiger partial charge is 0.317 e. The minimum atomic E-state index is -0.736. The lowest BCUT2D eigenvalue weighted by Crippen LogP contribution is -2.58. The van der Waals surface area contributed by atoms with Crippen LogP contribution in [0.1, 0.15) is 13.8 Å². The molecule has 0 spiro atoms. The van der Waals surface area contributed by atoms with Crippen LogP contribution in [0, 0.1) is 0 Å². The topological polar surface area (TPSA) is 43.8 Å². The summed E-state index contributed by atoms with van der Waals surface area (Å²) in [5, 5.41) is 8.65. The van der Waals surface area contributed by atoms with Crippen LogP contribution in [0.25, 0.3) is 0 Å². The number of piperazine rings is 1. The first-order chi connectivity index (χ1) is 5.92. The largest absolute Gasteiger partial charge is 0.480 e. The summed E-state index contributed by atoms with van der Waals surface area (Å²) in [6, 6.07) is 0. The summed E-state index contributed by atoms with van der Waals surface area (Å²) >= 11 is 0. The van der Waals surface area contributed by atoms with Gasteiger partial charge in [-0.1, -0.05) is 0 Å². The average molecular weight is 186 g/mol. The first-order valence-corrected chi connectivity index (χ1v) is 4.57. The Labute approximate surface area is 79.1 Å². The van der Waals surface area contributed by atoms with Crippen molar-refractivity contribution in [3.63, 3.8) is 0 Å². The number of rotatable bonds is 2. The normalized spacial score (nSPS) is 24.5.